The van der Waals surface area contributed by atoms with E-state index in [0.29, 0.717) is 11.4 Å². The van der Waals surface area contributed by atoms with E-state index in [1.165, 1.54) is 5.56 Å². The Balaban J connectivity index is 1.50. The van der Waals surface area contributed by atoms with Gasteiger partial charge in [-0.05, 0) is 35.9 Å². The smallest absolute Gasteiger partial charge is 0.256 e. The summed E-state index contributed by atoms with van der Waals surface area (Å²) in [6, 6.07) is 25.0. The number of rotatable bonds is 5. The second kappa shape index (κ2) is 7.66. The van der Waals surface area contributed by atoms with Crippen LogP contribution in [0.5, 0.6) is 0 Å². The van der Waals surface area contributed by atoms with Crippen LogP contribution in [0.25, 0.3) is 11.3 Å². The van der Waals surface area contributed by atoms with Gasteiger partial charge < -0.3 is 5.32 Å². The number of hydrogen-bond acceptors (Lipinski definition) is 3. The van der Waals surface area contributed by atoms with Crippen LogP contribution in [0.15, 0.2) is 85.1 Å². The molecule has 0 saturated heterocycles. The molecular weight excluding hydrogens is 336 g/mol. The fourth-order valence-corrected chi connectivity index (χ4v) is 2.85. The van der Waals surface area contributed by atoms with Gasteiger partial charge >= 0.3 is 0 Å². The predicted octanol–water partition coefficient (Wildman–Crippen LogP) is 4.31. The van der Waals surface area contributed by atoms with E-state index in [0.717, 1.165) is 23.4 Å². The molecule has 2 aromatic heterocycles. The van der Waals surface area contributed by atoms with E-state index >= 15 is 0 Å². The van der Waals surface area contributed by atoms with Gasteiger partial charge in [0.1, 0.15) is 5.82 Å². The number of hydrogen-bond donors (Lipinski definition) is 2. The summed E-state index contributed by atoms with van der Waals surface area (Å²) in [5.41, 5.74) is 4.55. The van der Waals surface area contributed by atoms with Gasteiger partial charge in [0, 0.05) is 29.4 Å². The Morgan fingerprint density at radius 3 is 2.44 bits per heavy atom. The van der Waals surface area contributed by atoms with Crippen molar-refractivity contribution in [2.75, 3.05) is 5.32 Å². The zero-order valence-corrected chi connectivity index (χ0v) is 14.6. The standard InChI is InChI=1S/C22H18N4O/c27-22(17-9-5-2-6-10-17)24-21-14-18(11-12-23-21)20-15-19(25-26-20)13-16-7-3-1-4-8-16/h1-12,14-15H,13H2,(H,25,26)(H,23,24,27). The second-order valence-electron chi connectivity index (χ2n) is 6.19. The zero-order chi connectivity index (χ0) is 18.5. The summed E-state index contributed by atoms with van der Waals surface area (Å²) < 4.78 is 0. The fourth-order valence-electron chi connectivity index (χ4n) is 2.85. The Morgan fingerprint density at radius 2 is 1.67 bits per heavy atom. The van der Waals surface area contributed by atoms with Crippen LogP contribution >= 0.6 is 0 Å². The van der Waals surface area contributed by atoms with Crippen LogP contribution in [-0.4, -0.2) is 21.1 Å². The van der Waals surface area contributed by atoms with Gasteiger partial charge in [0.15, 0.2) is 0 Å². The normalized spacial score (nSPS) is 10.5. The van der Waals surface area contributed by atoms with Crippen LogP contribution in [0.4, 0.5) is 5.82 Å². The van der Waals surface area contributed by atoms with Gasteiger partial charge in [-0.15, -0.1) is 0 Å². The SMILES string of the molecule is O=C(Nc1cc(-c2cc(Cc3ccccc3)[nH]n2)ccn1)c1ccccc1. The third-order valence-electron chi connectivity index (χ3n) is 4.20. The summed E-state index contributed by atoms with van der Waals surface area (Å²) >= 11 is 0. The molecule has 27 heavy (non-hydrogen) atoms. The van der Waals surface area contributed by atoms with Crippen molar-refractivity contribution in [1.29, 1.82) is 0 Å². The van der Waals surface area contributed by atoms with Gasteiger partial charge in [-0.2, -0.15) is 5.10 Å². The average molecular weight is 354 g/mol. The van der Waals surface area contributed by atoms with Crippen molar-refractivity contribution in [3.63, 3.8) is 0 Å². The van der Waals surface area contributed by atoms with E-state index in [-0.39, 0.29) is 5.91 Å². The van der Waals surface area contributed by atoms with Gasteiger partial charge in [-0.3, -0.25) is 9.89 Å². The number of aromatic amines is 1. The van der Waals surface area contributed by atoms with Crippen LogP contribution in [0.2, 0.25) is 0 Å². The van der Waals surface area contributed by atoms with Crippen molar-refractivity contribution < 1.29 is 4.79 Å². The Morgan fingerprint density at radius 1 is 0.926 bits per heavy atom. The summed E-state index contributed by atoms with van der Waals surface area (Å²) in [6.45, 7) is 0. The topological polar surface area (TPSA) is 70.7 Å². The number of carbonyl (C=O) groups excluding carboxylic acids is 1. The number of benzene rings is 2. The third kappa shape index (κ3) is 4.10. The minimum atomic E-state index is -0.188. The molecule has 1 amide bonds. The van der Waals surface area contributed by atoms with Gasteiger partial charge in [-0.25, -0.2) is 4.98 Å². The third-order valence-corrected chi connectivity index (χ3v) is 4.20. The molecule has 0 saturated carbocycles. The molecule has 0 aliphatic carbocycles. The fraction of sp³-hybridized carbons (Fsp3) is 0.0455. The number of aromatic nitrogens is 3. The van der Waals surface area contributed by atoms with E-state index < -0.39 is 0 Å². The molecule has 132 valence electrons. The first-order valence-corrected chi connectivity index (χ1v) is 8.69. The van der Waals surface area contributed by atoms with Crippen molar-refractivity contribution in [2.24, 2.45) is 0 Å². The Bertz CT molecular complexity index is 1040. The minimum Gasteiger partial charge on any atom is -0.307 e. The zero-order valence-electron chi connectivity index (χ0n) is 14.6. The predicted molar refractivity (Wildman–Crippen MR) is 105 cm³/mol. The quantitative estimate of drug-likeness (QED) is 0.561. The first-order valence-electron chi connectivity index (χ1n) is 8.69. The molecule has 0 fully saturated rings. The monoisotopic (exact) mass is 354 g/mol. The molecule has 0 spiro atoms. The Hall–Kier alpha value is -3.73. The maximum absolute atomic E-state index is 12.3. The lowest BCUT2D eigenvalue weighted by Gasteiger charge is -2.05. The highest BCUT2D eigenvalue weighted by Crippen LogP contribution is 2.21. The molecular formula is C22H18N4O. The van der Waals surface area contributed by atoms with Crippen LogP contribution in [-0.2, 0) is 6.42 Å². The maximum Gasteiger partial charge on any atom is 0.256 e. The summed E-state index contributed by atoms with van der Waals surface area (Å²) in [5, 5.41) is 10.3. The van der Waals surface area contributed by atoms with Crippen LogP contribution in [0.1, 0.15) is 21.6 Å². The van der Waals surface area contributed by atoms with Gasteiger partial charge in [0.2, 0.25) is 0 Å². The van der Waals surface area contributed by atoms with Gasteiger partial charge in [0.05, 0.1) is 5.69 Å². The number of nitrogens with zero attached hydrogens (tertiary/aromatic N) is 2. The molecule has 0 bridgehead atoms. The van der Waals surface area contributed by atoms with Crippen molar-refractivity contribution in [2.45, 2.75) is 6.42 Å². The van der Waals surface area contributed by atoms with Crippen molar-refractivity contribution in [1.82, 2.24) is 15.2 Å². The summed E-state index contributed by atoms with van der Waals surface area (Å²) in [4.78, 5) is 16.5. The molecule has 0 aliphatic heterocycles. The largest absolute Gasteiger partial charge is 0.307 e. The summed E-state index contributed by atoms with van der Waals surface area (Å²) in [6.07, 6.45) is 2.46. The molecule has 0 aliphatic rings. The molecule has 0 atom stereocenters. The molecule has 2 N–H and O–H groups in total. The molecule has 5 heteroatoms. The maximum atomic E-state index is 12.3. The number of anilines is 1. The molecule has 4 rings (SSSR count). The van der Waals surface area contributed by atoms with Crippen LogP contribution < -0.4 is 5.32 Å². The van der Waals surface area contributed by atoms with E-state index in [1.807, 2.05) is 54.6 Å². The summed E-state index contributed by atoms with van der Waals surface area (Å²) in [5.74, 6) is 0.306. The lowest BCUT2D eigenvalue weighted by molar-refractivity contribution is 0.102. The first-order chi connectivity index (χ1) is 13.3. The highest BCUT2D eigenvalue weighted by Gasteiger charge is 2.09. The van der Waals surface area contributed by atoms with Crippen molar-refractivity contribution >= 4 is 11.7 Å². The number of nitrogens with one attached hydrogen (secondary N) is 2. The highest BCUT2D eigenvalue weighted by atomic mass is 16.1. The van der Waals surface area contributed by atoms with E-state index in [1.54, 1.807) is 18.3 Å². The van der Waals surface area contributed by atoms with Crippen LogP contribution in [0.3, 0.4) is 0 Å². The lowest BCUT2D eigenvalue weighted by atomic mass is 10.1. The second-order valence-corrected chi connectivity index (χ2v) is 6.19. The average Bonchev–Trinajstić information content (AvgIpc) is 3.18. The number of carbonyl (C=O) groups is 1. The van der Waals surface area contributed by atoms with E-state index in [4.69, 9.17) is 0 Å². The van der Waals surface area contributed by atoms with E-state index in [9.17, 15) is 4.79 Å². The van der Waals surface area contributed by atoms with Crippen molar-refractivity contribution in [3.8, 4) is 11.3 Å². The molecule has 0 unspecified atom stereocenters. The van der Waals surface area contributed by atoms with Gasteiger partial charge in [-0.1, -0.05) is 48.5 Å². The van der Waals surface area contributed by atoms with Crippen LogP contribution in [0, 0.1) is 0 Å². The number of amides is 1. The number of H-pyrrole nitrogens is 1. The Kier molecular flexibility index (Phi) is 4.74. The first kappa shape index (κ1) is 16.7. The van der Waals surface area contributed by atoms with Gasteiger partial charge in [0.25, 0.3) is 5.91 Å². The molecule has 0 radical (unpaired) electrons. The Labute approximate surface area is 157 Å². The molecule has 5 nitrogen and oxygen atoms in total. The molecule has 4 aromatic rings. The number of pyridine rings is 1. The van der Waals surface area contributed by atoms with E-state index in [2.05, 4.69) is 32.6 Å². The minimum absolute atomic E-state index is 0.188. The highest BCUT2D eigenvalue weighted by molar-refractivity contribution is 6.03. The van der Waals surface area contributed by atoms with Crippen molar-refractivity contribution in [3.05, 3.63) is 102 Å². The summed E-state index contributed by atoms with van der Waals surface area (Å²) in [7, 11) is 0. The molecule has 2 aromatic carbocycles. The molecule has 2 heterocycles. The lowest BCUT2D eigenvalue weighted by Crippen LogP contribution is -2.12.